The Morgan fingerprint density at radius 2 is 1.83 bits per heavy atom. The summed E-state index contributed by atoms with van der Waals surface area (Å²) in [6, 6.07) is 24.5. The van der Waals surface area contributed by atoms with E-state index in [1.807, 2.05) is 42.5 Å². The lowest BCUT2D eigenvalue weighted by Gasteiger charge is -2.24. The summed E-state index contributed by atoms with van der Waals surface area (Å²) in [4.78, 5) is 0. The minimum absolute atomic E-state index is 0.0444. The fraction of sp³-hybridized carbons (Fsp3) is 0.160. The summed E-state index contributed by atoms with van der Waals surface area (Å²) in [6.07, 6.45) is 1.72. The molecular weight excluding hydrogens is 376 g/mol. The molecule has 3 nitrogen and oxygen atoms in total. The van der Waals surface area contributed by atoms with Crippen LogP contribution in [0.25, 0.3) is 0 Å². The first kappa shape index (κ1) is 20.6. The van der Waals surface area contributed by atoms with E-state index in [4.69, 9.17) is 17.0 Å². The van der Waals surface area contributed by atoms with Crippen molar-refractivity contribution in [2.45, 2.75) is 19.9 Å². The lowest BCUT2D eigenvalue weighted by Crippen LogP contribution is -2.33. The smallest absolute Gasteiger partial charge is 0.171 e. The van der Waals surface area contributed by atoms with Crippen LogP contribution in [-0.2, 0) is 0 Å². The van der Waals surface area contributed by atoms with Gasteiger partial charge in [-0.25, -0.2) is 0 Å². The summed E-state index contributed by atoms with van der Waals surface area (Å²) in [5, 5.41) is 7.31. The van der Waals surface area contributed by atoms with E-state index in [0.717, 1.165) is 17.0 Å². The topological polar surface area (TPSA) is 33.3 Å². The van der Waals surface area contributed by atoms with Crippen molar-refractivity contribution in [3.63, 3.8) is 0 Å². The maximum atomic E-state index is 5.63. The first-order valence-corrected chi connectivity index (χ1v) is 10.0. The van der Waals surface area contributed by atoms with Gasteiger partial charge in [-0.3, -0.25) is 0 Å². The molecule has 4 heteroatoms. The second-order valence-corrected chi connectivity index (χ2v) is 7.34. The maximum Gasteiger partial charge on any atom is 0.171 e. The van der Waals surface area contributed by atoms with Gasteiger partial charge in [0.25, 0.3) is 0 Å². The van der Waals surface area contributed by atoms with Gasteiger partial charge in [0.15, 0.2) is 5.11 Å². The monoisotopic (exact) mass is 402 g/mol. The Labute approximate surface area is 178 Å². The molecule has 148 valence electrons. The van der Waals surface area contributed by atoms with Gasteiger partial charge in [0, 0.05) is 11.8 Å². The molecule has 1 atom stereocenters. The van der Waals surface area contributed by atoms with Crippen molar-refractivity contribution in [3.8, 4) is 5.75 Å². The summed E-state index contributed by atoms with van der Waals surface area (Å²) < 4.78 is 5.60. The fourth-order valence-electron chi connectivity index (χ4n) is 3.25. The molecule has 0 heterocycles. The molecule has 2 N–H and O–H groups in total. The van der Waals surface area contributed by atoms with Gasteiger partial charge in [-0.15, -0.1) is 0 Å². The van der Waals surface area contributed by atoms with Crippen molar-refractivity contribution >= 4 is 23.0 Å². The molecule has 3 aromatic rings. The zero-order valence-corrected chi connectivity index (χ0v) is 17.6. The van der Waals surface area contributed by atoms with Gasteiger partial charge in [0.1, 0.15) is 12.4 Å². The van der Waals surface area contributed by atoms with Gasteiger partial charge in [0.2, 0.25) is 0 Å². The Morgan fingerprint density at radius 1 is 1.03 bits per heavy atom. The predicted molar refractivity (Wildman–Crippen MR) is 126 cm³/mol. The van der Waals surface area contributed by atoms with E-state index in [2.05, 4.69) is 61.4 Å². The molecule has 0 saturated carbocycles. The molecule has 1 unspecified atom stereocenters. The number of hydrogen-bond donors (Lipinski definition) is 2. The number of rotatable bonds is 7. The highest BCUT2D eigenvalue weighted by molar-refractivity contribution is 7.80. The van der Waals surface area contributed by atoms with E-state index in [0.29, 0.717) is 11.7 Å². The van der Waals surface area contributed by atoms with Crippen LogP contribution >= 0.6 is 12.2 Å². The van der Waals surface area contributed by atoms with Crippen LogP contribution in [0.1, 0.15) is 28.3 Å². The molecule has 0 radical (unpaired) electrons. The van der Waals surface area contributed by atoms with Gasteiger partial charge in [-0.2, -0.15) is 0 Å². The Morgan fingerprint density at radius 3 is 2.55 bits per heavy atom. The van der Waals surface area contributed by atoms with E-state index in [-0.39, 0.29) is 6.04 Å². The standard InChI is InChI=1S/C25H26N2OS/c1-4-15-28-22-12-8-11-21(17-22)26-25(29)27-24(20-9-6-5-7-10-20)23-14-13-18(2)16-19(23)3/h4-14,16-17,24H,1,15H2,2-3H3,(H2,26,27,29). The van der Waals surface area contributed by atoms with E-state index in [9.17, 15) is 0 Å². The fourth-order valence-corrected chi connectivity index (χ4v) is 3.49. The highest BCUT2D eigenvalue weighted by Gasteiger charge is 2.17. The predicted octanol–water partition coefficient (Wildman–Crippen LogP) is 5.94. The first-order chi connectivity index (χ1) is 14.1. The zero-order chi connectivity index (χ0) is 20.6. The van der Waals surface area contributed by atoms with Crippen molar-refractivity contribution in [2.75, 3.05) is 11.9 Å². The molecule has 0 amide bonds. The number of anilines is 1. The molecule has 0 saturated heterocycles. The van der Waals surface area contributed by atoms with Gasteiger partial charge in [0.05, 0.1) is 6.04 Å². The van der Waals surface area contributed by atoms with Crippen LogP contribution in [0.3, 0.4) is 0 Å². The molecule has 0 aromatic heterocycles. The molecule has 0 aliphatic heterocycles. The minimum atomic E-state index is -0.0444. The van der Waals surface area contributed by atoms with Crippen LogP contribution in [0.5, 0.6) is 5.75 Å². The number of ether oxygens (including phenoxy) is 1. The molecule has 0 spiro atoms. The minimum Gasteiger partial charge on any atom is -0.489 e. The van der Waals surface area contributed by atoms with Crippen LogP contribution in [-0.4, -0.2) is 11.7 Å². The van der Waals surface area contributed by atoms with Crippen LogP contribution < -0.4 is 15.4 Å². The van der Waals surface area contributed by atoms with E-state index in [1.54, 1.807) is 6.08 Å². The van der Waals surface area contributed by atoms with Crippen molar-refractivity contribution in [3.05, 3.63) is 108 Å². The van der Waals surface area contributed by atoms with Crippen LogP contribution in [0.2, 0.25) is 0 Å². The quantitative estimate of drug-likeness (QED) is 0.378. The van der Waals surface area contributed by atoms with Gasteiger partial charge < -0.3 is 15.4 Å². The SMILES string of the molecule is C=CCOc1cccc(NC(=S)NC(c2ccccc2)c2ccc(C)cc2C)c1. The van der Waals surface area contributed by atoms with Crippen LogP contribution in [0, 0.1) is 13.8 Å². The summed E-state index contributed by atoms with van der Waals surface area (Å²) >= 11 is 5.63. The molecule has 0 bridgehead atoms. The van der Waals surface area contributed by atoms with Crippen molar-refractivity contribution < 1.29 is 4.74 Å². The number of hydrogen-bond acceptors (Lipinski definition) is 2. The highest BCUT2D eigenvalue weighted by Crippen LogP contribution is 2.26. The Hall–Kier alpha value is -3.11. The highest BCUT2D eigenvalue weighted by atomic mass is 32.1. The number of thiocarbonyl (C=S) groups is 1. The normalized spacial score (nSPS) is 11.4. The average molecular weight is 403 g/mol. The van der Waals surface area contributed by atoms with Gasteiger partial charge >= 0.3 is 0 Å². The summed E-state index contributed by atoms with van der Waals surface area (Å²) in [6.45, 7) is 8.39. The van der Waals surface area contributed by atoms with E-state index in [1.165, 1.54) is 16.7 Å². The molecule has 29 heavy (non-hydrogen) atoms. The third-order valence-corrected chi connectivity index (χ3v) is 4.82. The molecule has 0 aliphatic rings. The van der Waals surface area contributed by atoms with E-state index < -0.39 is 0 Å². The molecule has 3 aromatic carbocycles. The second-order valence-electron chi connectivity index (χ2n) is 6.93. The van der Waals surface area contributed by atoms with Crippen molar-refractivity contribution in [1.29, 1.82) is 0 Å². The Kier molecular flexibility index (Phi) is 7.04. The maximum absolute atomic E-state index is 5.63. The van der Waals surface area contributed by atoms with Gasteiger partial charge in [-0.05, 0) is 54.9 Å². The summed E-state index contributed by atoms with van der Waals surface area (Å²) in [5.41, 5.74) is 5.71. The lowest BCUT2D eigenvalue weighted by molar-refractivity contribution is 0.363. The average Bonchev–Trinajstić information content (AvgIpc) is 2.72. The number of aryl methyl sites for hydroxylation is 2. The Balaban J connectivity index is 1.81. The Bertz CT molecular complexity index is 985. The third kappa shape index (κ3) is 5.69. The van der Waals surface area contributed by atoms with E-state index >= 15 is 0 Å². The van der Waals surface area contributed by atoms with Crippen LogP contribution in [0.15, 0.2) is 85.5 Å². The zero-order valence-electron chi connectivity index (χ0n) is 16.8. The first-order valence-electron chi connectivity index (χ1n) is 9.60. The largest absolute Gasteiger partial charge is 0.489 e. The summed E-state index contributed by atoms with van der Waals surface area (Å²) in [7, 11) is 0. The second kappa shape index (κ2) is 9.89. The third-order valence-electron chi connectivity index (χ3n) is 4.60. The van der Waals surface area contributed by atoms with Crippen molar-refractivity contribution in [1.82, 2.24) is 5.32 Å². The molecular formula is C25H26N2OS. The molecule has 0 aliphatic carbocycles. The molecule has 3 rings (SSSR count). The number of nitrogens with one attached hydrogen (secondary N) is 2. The molecule has 0 fully saturated rings. The lowest BCUT2D eigenvalue weighted by atomic mass is 9.94. The van der Waals surface area contributed by atoms with Gasteiger partial charge in [-0.1, -0.05) is 72.8 Å². The summed E-state index contributed by atoms with van der Waals surface area (Å²) in [5.74, 6) is 0.770. The number of benzene rings is 3. The van der Waals surface area contributed by atoms with Crippen LogP contribution in [0.4, 0.5) is 5.69 Å². The van der Waals surface area contributed by atoms with Crippen molar-refractivity contribution in [2.24, 2.45) is 0 Å².